The number of halogens is 3. The van der Waals surface area contributed by atoms with Gasteiger partial charge in [0, 0.05) is 18.0 Å². The van der Waals surface area contributed by atoms with Crippen LogP contribution in [-0.2, 0) is 6.54 Å². The standard InChI is InChI=1S/C11H7BrCl2N6/c12-11-18-8-9(15)17-4-20(10(8)19-11)3-5-6(13)1-16-2-7(5)14/h1-2,4H,3,15H2. The van der Waals surface area contributed by atoms with E-state index in [-0.39, 0.29) is 0 Å². The van der Waals surface area contributed by atoms with E-state index >= 15 is 0 Å². The second kappa shape index (κ2) is 5.16. The molecule has 1 aromatic rings. The number of anilines is 1. The molecule has 102 valence electrons. The van der Waals surface area contributed by atoms with E-state index in [1.54, 1.807) is 10.9 Å². The molecule has 0 saturated carbocycles. The Bertz CT molecular complexity index is 739. The summed E-state index contributed by atoms with van der Waals surface area (Å²) in [4.78, 5) is 16.5. The average molecular weight is 374 g/mol. The summed E-state index contributed by atoms with van der Waals surface area (Å²) in [6, 6.07) is 0. The van der Waals surface area contributed by atoms with Crippen LogP contribution in [0.25, 0.3) is 11.5 Å². The number of hydrogen-bond donors (Lipinski definition) is 1. The zero-order chi connectivity index (χ0) is 14.3. The SMILES string of the molecule is Nc1ncn(Cc2c(Cl)cncc2Cl)c2nc(Br)nc1-2. The van der Waals surface area contributed by atoms with E-state index in [0.717, 1.165) is 5.56 Å². The minimum absolute atomic E-state index is 0.321. The van der Waals surface area contributed by atoms with E-state index in [9.17, 15) is 0 Å². The molecule has 0 aromatic carbocycles. The van der Waals surface area contributed by atoms with Gasteiger partial charge in [-0.1, -0.05) is 23.2 Å². The first-order valence-corrected chi connectivity index (χ1v) is 7.03. The Hall–Kier alpha value is -1.44. The van der Waals surface area contributed by atoms with Gasteiger partial charge in [-0.3, -0.25) is 4.98 Å². The minimum atomic E-state index is 0.321. The van der Waals surface area contributed by atoms with Crippen LogP contribution < -0.4 is 5.73 Å². The molecule has 3 rings (SSSR count). The van der Waals surface area contributed by atoms with Crippen LogP contribution in [0, 0.1) is 0 Å². The Balaban J connectivity index is 2.10. The van der Waals surface area contributed by atoms with Crippen molar-refractivity contribution in [1.29, 1.82) is 0 Å². The van der Waals surface area contributed by atoms with Gasteiger partial charge in [0.2, 0.25) is 0 Å². The summed E-state index contributed by atoms with van der Waals surface area (Å²) in [6.07, 6.45) is 4.65. The van der Waals surface area contributed by atoms with Crippen LogP contribution in [0.1, 0.15) is 5.56 Å². The van der Waals surface area contributed by atoms with Crippen LogP contribution in [0.2, 0.25) is 10.0 Å². The normalized spacial score (nSPS) is 11.2. The highest BCUT2D eigenvalue weighted by Crippen LogP contribution is 2.29. The van der Waals surface area contributed by atoms with E-state index in [1.807, 2.05) is 0 Å². The number of fused-ring (bicyclic) bond motifs is 1. The Morgan fingerprint density at radius 2 is 1.90 bits per heavy atom. The Labute approximate surface area is 132 Å². The first-order chi connectivity index (χ1) is 9.56. The third-order valence-corrected chi connectivity index (χ3v) is 3.75. The molecular formula is C11H7BrCl2N6. The fourth-order valence-corrected chi connectivity index (χ4v) is 2.63. The lowest BCUT2D eigenvalue weighted by Gasteiger charge is -2.13. The van der Waals surface area contributed by atoms with Crippen molar-refractivity contribution in [1.82, 2.24) is 24.5 Å². The van der Waals surface area contributed by atoms with Crippen LogP contribution in [-0.4, -0.2) is 24.5 Å². The van der Waals surface area contributed by atoms with E-state index < -0.39 is 0 Å². The predicted molar refractivity (Wildman–Crippen MR) is 79.9 cm³/mol. The first-order valence-electron chi connectivity index (χ1n) is 5.48. The Morgan fingerprint density at radius 3 is 2.60 bits per heavy atom. The monoisotopic (exact) mass is 372 g/mol. The van der Waals surface area contributed by atoms with Crippen molar-refractivity contribution in [3.63, 3.8) is 0 Å². The number of hydrogen-bond acceptors (Lipinski definition) is 5. The highest BCUT2D eigenvalue weighted by Gasteiger charge is 2.19. The van der Waals surface area contributed by atoms with Crippen LogP contribution >= 0.6 is 39.1 Å². The highest BCUT2D eigenvalue weighted by molar-refractivity contribution is 9.10. The van der Waals surface area contributed by atoms with E-state index in [4.69, 9.17) is 28.9 Å². The van der Waals surface area contributed by atoms with Crippen molar-refractivity contribution >= 4 is 44.9 Å². The van der Waals surface area contributed by atoms with E-state index in [1.165, 1.54) is 12.4 Å². The van der Waals surface area contributed by atoms with Gasteiger partial charge in [-0.15, -0.1) is 0 Å². The fourth-order valence-electron chi connectivity index (χ4n) is 1.80. The topological polar surface area (TPSA) is 82.5 Å². The second-order valence-corrected chi connectivity index (χ2v) is 5.53. The molecule has 3 heterocycles. The zero-order valence-electron chi connectivity index (χ0n) is 9.89. The molecule has 1 aromatic heterocycles. The molecular weight excluding hydrogens is 367 g/mol. The number of pyridine rings is 1. The van der Waals surface area contributed by atoms with Gasteiger partial charge in [-0.2, -0.15) is 0 Å². The third-order valence-electron chi connectivity index (χ3n) is 2.75. The summed E-state index contributed by atoms with van der Waals surface area (Å²) < 4.78 is 2.23. The number of imidazole rings is 1. The molecule has 6 nitrogen and oxygen atoms in total. The first kappa shape index (κ1) is 13.5. The molecule has 20 heavy (non-hydrogen) atoms. The molecule has 0 fully saturated rings. The van der Waals surface area contributed by atoms with Crippen LogP contribution in [0.3, 0.4) is 0 Å². The minimum Gasteiger partial charge on any atom is -0.382 e. The number of nitrogens with zero attached hydrogens (tertiary/aromatic N) is 5. The molecule has 0 aliphatic carbocycles. The van der Waals surface area contributed by atoms with Gasteiger partial charge in [0.05, 0.1) is 22.9 Å². The smallest absolute Gasteiger partial charge is 0.199 e. The lowest BCUT2D eigenvalue weighted by Crippen LogP contribution is -2.10. The molecule has 9 heteroatoms. The number of nitrogen functional groups attached to an aromatic ring is 1. The third kappa shape index (κ3) is 2.32. The molecule has 0 radical (unpaired) electrons. The summed E-state index contributed by atoms with van der Waals surface area (Å²) in [7, 11) is 0. The number of rotatable bonds is 2. The van der Waals surface area contributed by atoms with Gasteiger partial charge in [-0.25, -0.2) is 15.0 Å². The van der Waals surface area contributed by atoms with Gasteiger partial charge in [0.1, 0.15) is 0 Å². The summed E-state index contributed by atoms with van der Waals surface area (Å²) in [5, 5.41) is 0.960. The van der Waals surface area contributed by atoms with Crippen LogP contribution in [0.15, 0.2) is 23.5 Å². The maximum Gasteiger partial charge on any atom is 0.199 e. The van der Waals surface area contributed by atoms with Gasteiger partial charge >= 0.3 is 0 Å². The van der Waals surface area contributed by atoms with Crippen molar-refractivity contribution in [2.75, 3.05) is 5.73 Å². The molecule has 0 unspecified atom stereocenters. The molecule has 2 N–H and O–H groups in total. The summed E-state index contributed by atoms with van der Waals surface area (Å²) >= 11 is 15.5. The molecule has 0 amide bonds. The van der Waals surface area contributed by atoms with Gasteiger partial charge in [-0.05, 0) is 15.9 Å². The molecule has 0 spiro atoms. The maximum absolute atomic E-state index is 6.12. The highest BCUT2D eigenvalue weighted by atomic mass is 79.9. The lowest BCUT2D eigenvalue weighted by atomic mass is 10.2. The predicted octanol–water partition coefficient (Wildman–Crippen LogP) is 2.87. The molecule has 0 bridgehead atoms. The van der Waals surface area contributed by atoms with Gasteiger partial charge < -0.3 is 10.3 Å². The van der Waals surface area contributed by atoms with Crippen molar-refractivity contribution in [2.24, 2.45) is 0 Å². The molecule has 0 atom stereocenters. The molecule has 0 saturated heterocycles. The summed E-state index contributed by atoms with van der Waals surface area (Å²) in [6.45, 7) is 0.398. The van der Waals surface area contributed by atoms with Crippen molar-refractivity contribution in [3.8, 4) is 11.5 Å². The number of nitrogens with two attached hydrogens (primary N) is 1. The van der Waals surface area contributed by atoms with Crippen molar-refractivity contribution < 1.29 is 0 Å². The lowest BCUT2D eigenvalue weighted by molar-refractivity contribution is 0.761. The van der Waals surface area contributed by atoms with Gasteiger partial charge in [0.15, 0.2) is 22.1 Å². The second-order valence-electron chi connectivity index (χ2n) is 4.00. The Kier molecular flexibility index (Phi) is 3.49. The van der Waals surface area contributed by atoms with Crippen LogP contribution in [0.5, 0.6) is 0 Å². The van der Waals surface area contributed by atoms with Crippen molar-refractivity contribution in [2.45, 2.75) is 6.54 Å². The van der Waals surface area contributed by atoms with Crippen LogP contribution in [0.4, 0.5) is 5.82 Å². The largest absolute Gasteiger partial charge is 0.382 e. The number of aromatic nitrogens is 5. The summed E-state index contributed by atoms with van der Waals surface area (Å²) in [5.41, 5.74) is 7.05. The average Bonchev–Trinajstić information content (AvgIpc) is 2.79. The van der Waals surface area contributed by atoms with E-state index in [0.29, 0.717) is 38.7 Å². The zero-order valence-corrected chi connectivity index (χ0v) is 13.0. The van der Waals surface area contributed by atoms with E-state index in [2.05, 4.69) is 35.9 Å². The fraction of sp³-hybridized carbons (Fsp3) is 0.0909. The Morgan fingerprint density at radius 1 is 1.20 bits per heavy atom. The van der Waals surface area contributed by atoms with Crippen molar-refractivity contribution in [3.05, 3.63) is 39.1 Å². The van der Waals surface area contributed by atoms with Gasteiger partial charge in [0.25, 0.3) is 0 Å². The quantitative estimate of drug-likeness (QED) is 0.698. The molecule has 2 aliphatic heterocycles. The molecule has 2 aliphatic rings. The maximum atomic E-state index is 6.12. The summed E-state index contributed by atoms with van der Waals surface area (Å²) in [5.74, 6) is 0.926.